The number of quaternary nitrogens is 1. The summed E-state index contributed by atoms with van der Waals surface area (Å²) in [4.78, 5) is 15.6. The fourth-order valence-electron chi connectivity index (χ4n) is 4.16. The molecule has 5 nitrogen and oxygen atoms in total. The van der Waals surface area contributed by atoms with Gasteiger partial charge in [-0.1, -0.05) is 6.07 Å². The second-order valence-electron chi connectivity index (χ2n) is 7.42. The molecule has 1 amide bonds. The Labute approximate surface area is 164 Å². The fourth-order valence-corrected chi connectivity index (χ4v) is 5.09. The second-order valence-corrected chi connectivity index (χ2v) is 8.42. The number of rotatable bonds is 7. The number of methoxy groups -OCH3 is 2. The molecule has 1 aliphatic carbocycles. The van der Waals surface area contributed by atoms with E-state index in [1.807, 2.05) is 29.5 Å². The van der Waals surface area contributed by atoms with Gasteiger partial charge in [0.15, 0.2) is 18.0 Å². The van der Waals surface area contributed by atoms with E-state index in [0.29, 0.717) is 30.6 Å². The Bertz CT molecular complexity index is 816. The van der Waals surface area contributed by atoms with Crippen molar-refractivity contribution in [3.05, 3.63) is 45.6 Å². The van der Waals surface area contributed by atoms with Crippen molar-refractivity contribution in [3.63, 3.8) is 0 Å². The lowest BCUT2D eigenvalue weighted by molar-refractivity contribution is -0.928. The van der Waals surface area contributed by atoms with Crippen LogP contribution < -0.4 is 19.7 Å². The summed E-state index contributed by atoms with van der Waals surface area (Å²) in [6, 6.07) is 8.53. The minimum Gasteiger partial charge on any atom is -0.493 e. The molecule has 2 atom stereocenters. The highest BCUT2D eigenvalue weighted by molar-refractivity contribution is 7.10. The summed E-state index contributed by atoms with van der Waals surface area (Å²) in [7, 11) is 3.24. The number of hydrogen-bond donors (Lipinski definition) is 2. The lowest BCUT2D eigenvalue weighted by atomic mass is 9.96. The number of fused-ring (bicyclic) bond motifs is 1. The zero-order chi connectivity index (χ0) is 18.8. The molecule has 27 heavy (non-hydrogen) atoms. The van der Waals surface area contributed by atoms with Crippen molar-refractivity contribution < 1.29 is 19.2 Å². The molecule has 1 aliphatic heterocycles. The Hall–Kier alpha value is -2.05. The number of amides is 1. The Kier molecular flexibility index (Phi) is 5.36. The first-order valence-corrected chi connectivity index (χ1v) is 10.5. The van der Waals surface area contributed by atoms with Gasteiger partial charge in [-0.2, -0.15) is 0 Å². The summed E-state index contributed by atoms with van der Waals surface area (Å²) < 4.78 is 10.6. The molecule has 2 aromatic rings. The van der Waals surface area contributed by atoms with Crippen LogP contribution in [0.15, 0.2) is 29.6 Å². The molecule has 1 unspecified atom stereocenters. The van der Waals surface area contributed by atoms with Crippen molar-refractivity contribution in [2.24, 2.45) is 5.92 Å². The predicted molar refractivity (Wildman–Crippen MR) is 106 cm³/mol. The molecule has 1 aromatic carbocycles. The third-order valence-corrected chi connectivity index (χ3v) is 6.64. The smallest absolute Gasteiger partial charge is 0.275 e. The maximum Gasteiger partial charge on any atom is 0.275 e. The first-order chi connectivity index (χ1) is 13.2. The highest BCUT2D eigenvalue weighted by Crippen LogP contribution is 2.42. The lowest BCUT2D eigenvalue weighted by Gasteiger charge is -2.32. The van der Waals surface area contributed by atoms with Crippen LogP contribution >= 0.6 is 11.3 Å². The number of ether oxygens (including phenoxy) is 2. The van der Waals surface area contributed by atoms with E-state index < -0.39 is 0 Å². The minimum absolute atomic E-state index is 0.115. The zero-order valence-electron chi connectivity index (χ0n) is 15.9. The van der Waals surface area contributed by atoms with E-state index in [0.717, 1.165) is 24.4 Å². The van der Waals surface area contributed by atoms with Gasteiger partial charge in [0.1, 0.15) is 6.04 Å². The standard InChI is InChI=1S/C21H26N2O3S/c1-25-17-6-3-14(11-18(17)26-2)12-22-20(24)13-23-9-7-19-16(8-10-27-19)21(23)15-4-5-15/h3,6,8,10-11,15,21H,4-5,7,9,12-13H2,1-2H3,(H,22,24)/p+1/t21-/m0/s1. The number of thiophene rings is 1. The third-order valence-electron chi connectivity index (χ3n) is 5.65. The van der Waals surface area contributed by atoms with E-state index >= 15 is 0 Å². The van der Waals surface area contributed by atoms with Gasteiger partial charge in [-0.25, -0.2) is 0 Å². The average Bonchev–Trinajstić information content (AvgIpc) is 3.41. The molecular weight excluding hydrogens is 360 g/mol. The predicted octanol–water partition coefficient (Wildman–Crippen LogP) is 1.97. The number of benzene rings is 1. The van der Waals surface area contributed by atoms with Crippen LogP contribution in [0.5, 0.6) is 11.5 Å². The molecule has 0 saturated heterocycles. The highest BCUT2D eigenvalue weighted by atomic mass is 32.1. The van der Waals surface area contributed by atoms with Gasteiger partial charge in [0.05, 0.1) is 20.8 Å². The maximum atomic E-state index is 12.6. The van der Waals surface area contributed by atoms with Gasteiger partial charge in [0, 0.05) is 29.3 Å². The summed E-state index contributed by atoms with van der Waals surface area (Å²) in [5, 5.41) is 5.29. The van der Waals surface area contributed by atoms with Crippen molar-refractivity contribution in [1.29, 1.82) is 0 Å². The molecule has 2 heterocycles. The summed E-state index contributed by atoms with van der Waals surface area (Å²) in [5.41, 5.74) is 2.50. The normalized spacial score (nSPS) is 21.4. The van der Waals surface area contributed by atoms with Gasteiger partial charge in [0.2, 0.25) is 0 Å². The van der Waals surface area contributed by atoms with Gasteiger partial charge in [-0.3, -0.25) is 4.79 Å². The van der Waals surface area contributed by atoms with Crippen molar-refractivity contribution in [1.82, 2.24) is 5.32 Å². The highest BCUT2D eigenvalue weighted by Gasteiger charge is 2.43. The number of carbonyl (C=O) groups is 1. The van der Waals surface area contributed by atoms with Gasteiger partial charge in [-0.15, -0.1) is 11.3 Å². The quantitative estimate of drug-likeness (QED) is 0.764. The topological polar surface area (TPSA) is 52.0 Å². The number of carbonyl (C=O) groups excluding carboxylic acids is 1. The van der Waals surface area contributed by atoms with E-state index in [2.05, 4.69) is 16.8 Å². The van der Waals surface area contributed by atoms with Crippen LogP contribution in [0.1, 0.15) is 34.9 Å². The first kappa shape index (κ1) is 18.3. The minimum atomic E-state index is 0.115. The molecule has 0 radical (unpaired) electrons. The molecule has 0 bridgehead atoms. The molecule has 1 saturated carbocycles. The van der Waals surface area contributed by atoms with Gasteiger partial charge >= 0.3 is 0 Å². The Morgan fingerprint density at radius 1 is 1.22 bits per heavy atom. The second kappa shape index (κ2) is 7.90. The lowest BCUT2D eigenvalue weighted by Crippen LogP contribution is -3.14. The van der Waals surface area contributed by atoms with Crippen LogP contribution in [-0.4, -0.2) is 33.2 Å². The van der Waals surface area contributed by atoms with Crippen LogP contribution in [0.2, 0.25) is 0 Å². The van der Waals surface area contributed by atoms with E-state index in [-0.39, 0.29) is 5.91 Å². The molecule has 4 rings (SSSR count). The van der Waals surface area contributed by atoms with Gasteiger partial charge in [0.25, 0.3) is 5.91 Å². The van der Waals surface area contributed by atoms with E-state index in [9.17, 15) is 4.79 Å². The van der Waals surface area contributed by atoms with Crippen molar-refractivity contribution in [2.45, 2.75) is 31.8 Å². The van der Waals surface area contributed by atoms with Crippen molar-refractivity contribution in [2.75, 3.05) is 27.3 Å². The number of hydrogen-bond acceptors (Lipinski definition) is 4. The Morgan fingerprint density at radius 2 is 2.04 bits per heavy atom. The average molecular weight is 388 g/mol. The van der Waals surface area contributed by atoms with Crippen LogP contribution in [-0.2, 0) is 17.8 Å². The summed E-state index contributed by atoms with van der Waals surface area (Å²) in [6.45, 7) is 2.10. The summed E-state index contributed by atoms with van der Waals surface area (Å²) in [5.74, 6) is 2.25. The van der Waals surface area contributed by atoms with E-state index in [4.69, 9.17) is 9.47 Å². The Morgan fingerprint density at radius 3 is 2.78 bits per heavy atom. The molecular formula is C21H27N2O3S+. The van der Waals surface area contributed by atoms with Crippen molar-refractivity contribution in [3.8, 4) is 11.5 Å². The van der Waals surface area contributed by atoms with Crippen LogP contribution in [0.4, 0.5) is 0 Å². The molecule has 6 heteroatoms. The van der Waals surface area contributed by atoms with E-state index in [1.165, 1.54) is 28.2 Å². The van der Waals surface area contributed by atoms with E-state index in [1.54, 1.807) is 14.2 Å². The van der Waals surface area contributed by atoms with Crippen LogP contribution in [0, 0.1) is 5.92 Å². The molecule has 2 N–H and O–H groups in total. The van der Waals surface area contributed by atoms with Crippen LogP contribution in [0.25, 0.3) is 0 Å². The number of nitrogens with one attached hydrogen (secondary N) is 2. The molecule has 1 aromatic heterocycles. The van der Waals surface area contributed by atoms with Gasteiger partial charge in [-0.05, 0) is 42.0 Å². The zero-order valence-corrected chi connectivity index (χ0v) is 16.7. The largest absolute Gasteiger partial charge is 0.493 e. The molecule has 144 valence electrons. The molecule has 1 fully saturated rings. The SMILES string of the molecule is COc1ccc(CNC(=O)C[NH+]2CCc3sccc3[C@@H]2C2CC2)cc1OC. The first-order valence-electron chi connectivity index (χ1n) is 9.58. The molecule has 0 spiro atoms. The summed E-state index contributed by atoms with van der Waals surface area (Å²) in [6.07, 6.45) is 3.70. The fraction of sp³-hybridized carbons (Fsp3) is 0.476. The van der Waals surface area contributed by atoms with Crippen molar-refractivity contribution >= 4 is 17.2 Å². The maximum absolute atomic E-state index is 12.6. The third kappa shape index (κ3) is 3.96. The summed E-state index contributed by atoms with van der Waals surface area (Å²) >= 11 is 1.87. The van der Waals surface area contributed by atoms with Gasteiger partial charge < -0.3 is 19.7 Å². The Balaban J connectivity index is 1.37. The van der Waals surface area contributed by atoms with Crippen LogP contribution in [0.3, 0.4) is 0 Å². The molecule has 2 aliphatic rings. The monoisotopic (exact) mass is 387 g/mol.